The Labute approximate surface area is 206 Å². The molecule has 2 aromatic rings. The molecule has 11 heteroatoms. The number of carbonyl (C=O) groups excluding carboxylic acids is 2. The van der Waals surface area contributed by atoms with Crippen molar-refractivity contribution in [2.75, 3.05) is 19.1 Å². The standard InChI is InChI=1S/C25H26F2N4O5/c1-4-18(32)29-14-6-5-7-15(14)36-24-28-11-13-12-31(23(33)25(8-9-25)22(13)30-24)21-19(26)16(34-2)10-17(35-3)20(21)27/h4,10-11,14-15H,1,5-9,12H2,2-3H3,(H,29,32)/t14-,15+/m0/s1. The maximum absolute atomic E-state index is 15.2. The molecule has 0 saturated heterocycles. The Morgan fingerprint density at radius 2 is 1.92 bits per heavy atom. The summed E-state index contributed by atoms with van der Waals surface area (Å²) in [5, 5.41) is 2.86. The minimum Gasteiger partial charge on any atom is -0.493 e. The molecule has 1 aromatic heterocycles. The van der Waals surface area contributed by atoms with Gasteiger partial charge in [-0.15, -0.1) is 0 Å². The van der Waals surface area contributed by atoms with Crippen LogP contribution in [0.2, 0.25) is 0 Å². The van der Waals surface area contributed by atoms with Crippen molar-refractivity contribution in [1.82, 2.24) is 15.3 Å². The van der Waals surface area contributed by atoms with E-state index in [-0.39, 0.29) is 42.1 Å². The van der Waals surface area contributed by atoms with Gasteiger partial charge in [-0.3, -0.25) is 9.59 Å². The highest BCUT2D eigenvalue weighted by atomic mass is 19.1. The Morgan fingerprint density at radius 3 is 2.53 bits per heavy atom. The van der Waals surface area contributed by atoms with E-state index in [1.54, 1.807) is 0 Å². The molecule has 0 bridgehead atoms. The predicted molar refractivity (Wildman–Crippen MR) is 124 cm³/mol. The molecule has 1 spiro atoms. The average molecular weight is 501 g/mol. The molecule has 2 fully saturated rings. The van der Waals surface area contributed by atoms with Crippen molar-refractivity contribution in [2.24, 2.45) is 0 Å². The third kappa shape index (κ3) is 3.82. The molecule has 9 nitrogen and oxygen atoms in total. The second kappa shape index (κ2) is 9.03. The van der Waals surface area contributed by atoms with Crippen LogP contribution in [0.4, 0.5) is 14.5 Å². The van der Waals surface area contributed by atoms with Gasteiger partial charge in [0.05, 0.1) is 37.9 Å². The summed E-state index contributed by atoms with van der Waals surface area (Å²) in [7, 11) is 2.50. The molecule has 2 aliphatic carbocycles. The van der Waals surface area contributed by atoms with Gasteiger partial charge in [-0.1, -0.05) is 6.58 Å². The Bertz CT molecular complexity index is 1220. The van der Waals surface area contributed by atoms with E-state index in [1.807, 2.05) is 0 Å². The van der Waals surface area contributed by atoms with Crippen LogP contribution in [0, 0.1) is 11.6 Å². The first-order valence-electron chi connectivity index (χ1n) is 11.7. The average Bonchev–Trinajstić information content (AvgIpc) is 3.57. The molecule has 1 aromatic carbocycles. The van der Waals surface area contributed by atoms with Gasteiger partial charge in [0.15, 0.2) is 23.1 Å². The Hall–Kier alpha value is -3.76. The summed E-state index contributed by atoms with van der Waals surface area (Å²) in [6.07, 6.45) is 5.74. The summed E-state index contributed by atoms with van der Waals surface area (Å²) in [6, 6.07) is 1.01. The van der Waals surface area contributed by atoms with Crippen molar-refractivity contribution in [3.05, 3.63) is 47.8 Å². The predicted octanol–water partition coefficient (Wildman–Crippen LogP) is 2.95. The summed E-state index contributed by atoms with van der Waals surface area (Å²) in [4.78, 5) is 35.3. The topological polar surface area (TPSA) is 103 Å². The van der Waals surface area contributed by atoms with E-state index < -0.39 is 28.6 Å². The Balaban J connectivity index is 1.47. The molecule has 0 radical (unpaired) electrons. The second-order valence-corrected chi connectivity index (χ2v) is 9.16. The van der Waals surface area contributed by atoms with Crippen LogP contribution in [0.3, 0.4) is 0 Å². The fourth-order valence-electron chi connectivity index (χ4n) is 5.05. The summed E-state index contributed by atoms with van der Waals surface area (Å²) in [6.45, 7) is 3.35. The SMILES string of the molecule is C=CC(=O)N[C@H]1CCC[C@H]1Oc1ncc2c(n1)C1(CC1)C(=O)N(c1c(F)c(OC)cc(OC)c1F)C2. The van der Waals surface area contributed by atoms with Crippen molar-refractivity contribution in [3.63, 3.8) is 0 Å². The molecule has 0 unspecified atom stereocenters. The largest absolute Gasteiger partial charge is 0.493 e. The van der Waals surface area contributed by atoms with Crippen molar-refractivity contribution in [2.45, 2.75) is 56.2 Å². The van der Waals surface area contributed by atoms with Crippen LogP contribution < -0.4 is 24.4 Å². The highest BCUT2D eigenvalue weighted by Gasteiger charge is 2.59. The molecular formula is C25H26F2N4O5. The number of methoxy groups -OCH3 is 2. The molecular weight excluding hydrogens is 474 g/mol. The summed E-state index contributed by atoms with van der Waals surface area (Å²) in [5.74, 6) is -3.18. The number of nitrogens with one attached hydrogen (secondary N) is 1. The van der Waals surface area contributed by atoms with Crippen LogP contribution >= 0.6 is 0 Å². The van der Waals surface area contributed by atoms with Gasteiger partial charge in [-0.25, -0.2) is 13.8 Å². The number of amides is 2. The van der Waals surface area contributed by atoms with E-state index in [0.29, 0.717) is 24.1 Å². The van der Waals surface area contributed by atoms with E-state index in [9.17, 15) is 9.59 Å². The van der Waals surface area contributed by atoms with E-state index in [2.05, 4.69) is 21.9 Å². The molecule has 5 rings (SSSR count). The number of carbonyl (C=O) groups is 2. The second-order valence-electron chi connectivity index (χ2n) is 9.16. The minimum atomic E-state index is -1.00. The Morgan fingerprint density at radius 1 is 1.22 bits per heavy atom. The van der Waals surface area contributed by atoms with Crippen LogP contribution in [0.5, 0.6) is 17.5 Å². The third-order valence-corrected chi connectivity index (χ3v) is 7.07. The van der Waals surface area contributed by atoms with Crippen molar-refractivity contribution >= 4 is 17.5 Å². The lowest BCUT2D eigenvalue weighted by Gasteiger charge is -2.34. The first-order chi connectivity index (χ1) is 17.3. The first-order valence-corrected chi connectivity index (χ1v) is 11.7. The number of fused-ring (bicyclic) bond motifs is 2. The monoisotopic (exact) mass is 500 g/mol. The van der Waals surface area contributed by atoms with Gasteiger partial charge in [-0.2, -0.15) is 4.98 Å². The highest BCUT2D eigenvalue weighted by molar-refractivity contribution is 6.05. The van der Waals surface area contributed by atoms with Crippen molar-refractivity contribution < 1.29 is 32.6 Å². The normalized spacial score (nSPS) is 21.7. The van der Waals surface area contributed by atoms with E-state index in [4.69, 9.17) is 14.2 Å². The van der Waals surface area contributed by atoms with Gasteiger partial charge < -0.3 is 24.4 Å². The fraction of sp³-hybridized carbons (Fsp3) is 0.440. The lowest BCUT2D eigenvalue weighted by Crippen LogP contribution is -2.45. The number of hydrogen-bond acceptors (Lipinski definition) is 7. The quantitative estimate of drug-likeness (QED) is 0.583. The van der Waals surface area contributed by atoms with Crippen molar-refractivity contribution in [3.8, 4) is 17.5 Å². The zero-order valence-electron chi connectivity index (χ0n) is 20.0. The molecule has 2 atom stereocenters. The number of ether oxygens (including phenoxy) is 3. The molecule has 3 aliphatic rings. The minimum absolute atomic E-state index is 0.103. The molecule has 1 N–H and O–H groups in total. The number of benzene rings is 1. The first kappa shape index (κ1) is 24.0. The number of anilines is 1. The van der Waals surface area contributed by atoms with E-state index in [1.165, 1.54) is 26.5 Å². The van der Waals surface area contributed by atoms with Crippen LogP contribution in [-0.2, 0) is 21.5 Å². The van der Waals surface area contributed by atoms with E-state index >= 15 is 8.78 Å². The van der Waals surface area contributed by atoms with Gasteiger partial charge in [0.25, 0.3) is 0 Å². The molecule has 1 aliphatic heterocycles. The van der Waals surface area contributed by atoms with Crippen molar-refractivity contribution in [1.29, 1.82) is 0 Å². The van der Waals surface area contributed by atoms with Crippen LogP contribution in [0.1, 0.15) is 43.4 Å². The van der Waals surface area contributed by atoms with Gasteiger partial charge in [0.1, 0.15) is 11.8 Å². The fourth-order valence-corrected chi connectivity index (χ4v) is 5.05. The van der Waals surface area contributed by atoms with Crippen LogP contribution in [-0.4, -0.2) is 48.1 Å². The summed E-state index contributed by atoms with van der Waals surface area (Å²) < 4.78 is 46.5. The Kier molecular flexibility index (Phi) is 6.01. The number of halogens is 2. The molecule has 36 heavy (non-hydrogen) atoms. The lowest BCUT2D eigenvalue weighted by molar-refractivity contribution is -0.122. The van der Waals surface area contributed by atoms with Gasteiger partial charge in [-0.05, 0) is 38.2 Å². The molecule has 2 saturated carbocycles. The van der Waals surface area contributed by atoms with E-state index in [0.717, 1.165) is 30.2 Å². The van der Waals surface area contributed by atoms with Crippen LogP contribution in [0.25, 0.3) is 0 Å². The smallest absolute Gasteiger partial charge is 0.316 e. The van der Waals surface area contributed by atoms with Gasteiger partial charge >= 0.3 is 6.01 Å². The summed E-state index contributed by atoms with van der Waals surface area (Å²) in [5.41, 5.74) is -0.451. The molecule has 2 amide bonds. The number of hydrogen-bond donors (Lipinski definition) is 1. The van der Waals surface area contributed by atoms with Gasteiger partial charge in [0, 0.05) is 17.8 Å². The molecule has 190 valence electrons. The van der Waals surface area contributed by atoms with Gasteiger partial charge in [0.2, 0.25) is 11.8 Å². The molecule has 2 heterocycles. The van der Waals surface area contributed by atoms with Crippen LogP contribution in [0.15, 0.2) is 24.9 Å². The zero-order valence-corrected chi connectivity index (χ0v) is 20.0. The lowest BCUT2D eigenvalue weighted by atomic mass is 9.91. The zero-order chi connectivity index (χ0) is 25.6. The maximum atomic E-state index is 15.2. The number of nitrogens with zero attached hydrogens (tertiary/aromatic N) is 3. The number of aromatic nitrogens is 2. The summed E-state index contributed by atoms with van der Waals surface area (Å²) >= 11 is 0. The number of rotatable bonds is 7. The maximum Gasteiger partial charge on any atom is 0.316 e. The highest BCUT2D eigenvalue weighted by Crippen LogP contribution is 2.54. The third-order valence-electron chi connectivity index (χ3n) is 7.07.